The zero-order valence-electron chi connectivity index (χ0n) is 11.7. The molecular formula is C12H14O9S. The number of carboxylic acids is 2. The van der Waals surface area contributed by atoms with Crippen molar-refractivity contribution in [2.45, 2.75) is 18.7 Å². The topological polar surface area (TPSA) is 147 Å². The van der Waals surface area contributed by atoms with Gasteiger partial charge in [-0.3, -0.25) is 4.55 Å². The first-order chi connectivity index (χ1) is 10.1. The normalized spacial score (nSPS) is 11.0. The smallest absolute Gasteiger partial charge is 0.343 e. The van der Waals surface area contributed by atoms with Crippen LogP contribution in [0, 0.1) is 0 Å². The number of ether oxygens (including phenoxy) is 2. The Morgan fingerprint density at radius 2 is 1.55 bits per heavy atom. The van der Waals surface area contributed by atoms with E-state index in [0.717, 1.165) is 0 Å². The average molecular weight is 334 g/mol. The molecule has 1 aromatic carbocycles. The van der Waals surface area contributed by atoms with Gasteiger partial charge in [-0.2, -0.15) is 8.42 Å². The van der Waals surface area contributed by atoms with Crippen molar-refractivity contribution in [3.8, 4) is 11.5 Å². The number of carbonyl (C=O) groups is 2. The molecule has 122 valence electrons. The first kappa shape index (κ1) is 17.7. The zero-order chi connectivity index (χ0) is 17.1. The van der Waals surface area contributed by atoms with Gasteiger partial charge in [-0.1, -0.05) is 0 Å². The molecular weight excluding hydrogens is 320 g/mol. The minimum Gasteiger partial charge on any atom is -0.492 e. The van der Waals surface area contributed by atoms with Gasteiger partial charge < -0.3 is 19.7 Å². The van der Waals surface area contributed by atoms with Crippen molar-refractivity contribution in [2.24, 2.45) is 0 Å². The van der Waals surface area contributed by atoms with E-state index in [9.17, 15) is 27.7 Å². The number of carboxylic acid groups (broad SMARTS) is 2. The second-order valence-electron chi connectivity index (χ2n) is 3.91. The van der Waals surface area contributed by atoms with Gasteiger partial charge in [0, 0.05) is 0 Å². The summed E-state index contributed by atoms with van der Waals surface area (Å²) in [5.74, 6) is -4.48. The third kappa shape index (κ3) is 3.46. The van der Waals surface area contributed by atoms with Crippen molar-refractivity contribution in [3.05, 3.63) is 17.2 Å². The Morgan fingerprint density at radius 1 is 1.05 bits per heavy atom. The van der Waals surface area contributed by atoms with Gasteiger partial charge in [-0.25, -0.2) is 9.59 Å². The number of rotatable bonds is 7. The van der Waals surface area contributed by atoms with Crippen LogP contribution in [0.3, 0.4) is 0 Å². The molecule has 0 bridgehead atoms. The lowest BCUT2D eigenvalue weighted by Gasteiger charge is -2.17. The van der Waals surface area contributed by atoms with Gasteiger partial charge in [0.15, 0.2) is 11.5 Å². The summed E-state index contributed by atoms with van der Waals surface area (Å²) >= 11 is 0. The molecule has 0 aliphatic rings. The molecule has 0 saturated heterocycles. The lowest BCUT2D eigenvalue weighted by molar-refractivity contribution is 0.0684. The summed E-state index contributed by atoms with van der Waals surface area (Å²) in [5.41, 5.74) is -1.49. The fourth-order valence-corrected chi connectivity index (χ4v) is 2.41. The fraction of sp³-hybridized carbons (Fsp3) is 0.333. The Morgan fingerprint density at radius 3 is 1.91 bits per heavy atom. The van der Waals surface area contributed by atoms with E-state index in [0.29, 0.717) is 6.07 Å². The number of hydrogen-bond donors (Lipinski definition) is 3. The van der Waals surface area contributed by atoms with Crippen LogP contribution in [0.1, 0.15) is 34.6 Å². The van der Waals surface area contributed by atoms with E-state index in [-0.39, 0.29) is 13.2 Å². The van der Waals surface area contributed by atoms with Crippen molar-refractivity contribution in [1.29, 1.82) is 0 Å². The molecule has 0 saturated carbocycles. The maximum atomic E-state index is 11.4. The molecule has 0 amide bonds. The van der Waals surface area contributed by atoms with E-state index in [1.807, 2.05) is 0 Å². The first-order valence-corrected chi connectivity index (χ1v) is 7.49. The molecule has 0 fully saturated rings. The quantitative estimate of drug-likeness (QED) is 0.624. The maximum Gasteiger partial charge on any atom is 0.343 e. The predicted octanol–water partition coefficient (Wildman–Crippen LogP) is 1.13. The Bertz CT molecular complexity index is 706. The van der Waals surface area contributed by atoms with E-state index >= 15 is 0 Å². The van der Waals surface area contributed by atoms with E-state index in [1.54, 1.807) is 0 Å². The van der Waals surface area contributed by atoms with Crippen molar-refractivity contribution < 1.29 is 42.2 Å². The minimum atomic E-state index is -4.91. The Kier molecular flexibility index (Phi) is 5.33. The highest BCUT2D eigenvalue weighted by Gasteiger charge is 2.32. The summed E-state index contributed by atoms with van der Waals surface area (Å²) in [4.78, 5) is 21.7. The van der Waals surface area contributed by atoms with E-state index in [4.69, 9.17) is 14.6 Å². The van der Waals surface area contributed by atoms with E-state index in [1.165, 1.54) is 13.8 Å². The molecule has 0 atom stereocenters. The van der Waals surface area contributed by atoms with E-state index < -0.39 is 49.6 Å². The summed E-state index contributed by atoms with van der Waals surface area (Å²) in [5, 5.41) is 18.4. The molecule has 10 heteroatoms. The highest BCUT2D eigenvalue weighted by atomic mass is 32.2. The number of hydrogen-bond acceptors (Lipinski definition) is 6. The lowest BCUT2D eigenvalue weighted by Crippen LogP contribution is -2.15. The monoisotopic (exact) mass is 334 g/mol. The van der Waals surface area contributed by atoms with Crippen LogP contribution in [0.15, 0.2) is 11.0 Å². The van der Waals surface area contributed by atoms with Gasteiger partial charge in [0.2, 0.25) is 0 Å². The van der Waals surface area contributed by atoms with Crippen LogP contribution in [0.5, 0.6) is 11.5 Å². The highest BCUT2D eigenvalue weighted by Crippen LogP contribution is 2.38. The van der Waals surface area contributed by atoms with Crippen LogP contribution < -0.4 is 9.47 Å². The maximum absolute atomic E-state index is 11.4. The Labute approximate surface area is 125 Å². The van der Waals surface area contributed by atoms with E-state index in [2.05, 4.69) is 0 Å². The van der Waals surface area contributed by atoms with Crippen LogP contribution in [-0.2, 0) is 10.1 Å². The molecule has 3 N–H and O–H groups in total. The zero-order valence-corrected chi connectivity index (χ0v) is 12.5. The molecule has 0 spiro atoms. The molecule has 0 aliphatic carbocycles. The summed E-state index contributed by atoms with van der Waals surface area (Å²) in [7, 11) is -4.91. The summed E-state index contributed by atoms with van der Waals surface area (Å²) in [6.45, 7) is 2.79. The summed E-state index contributed by atoms with van der Waals surface area (Å²) in [6.07, 6.45) is 0. The second-order valence-corrected chi connectivity index (χ2v) is 5.30. The van der Waals surface area contributed by atoms with Crippen LogP contribution in [-0.4, -0.2) is 48.3 Å². The minimum absolute atomic E-state index is 0.0582. The Hall–Kier alpha value is -2.33. The van der Waals surface area contributed by atoms with Crippen LogP contribution in [0.4, 0.5) is 0 Å². The highest BCUT2D eigenvalue weighted by molar-refractivity contribution is 7.86. The SMILES string of the molecule is CCOc1c(C(=O)O)cc(S(=O)(=O)O)c(OCC)c1C(=O)O. The average Bonchev–Trinajstić information content (AvgIpc) is 2.37. The fourth-order valence-electron chi connectivity index (χ4n) is 1.75. The molecule has 0 aliphatic heterocycles. The van der Waals surface area contributed by atoms with Crippen molar-refractivity contribution >= 4 is 22.1 Å². The van der Waals surface area contributed by atoms with Gasteiger partial charge in [0.1, 0.15) is 16.0 Å². The van der Waals surface area contributed by atoms with Gasteiger partial charge in [0.25, 0.3) is 10.1 Å². The number of benzene rings is 1. The standard InChI is InChI=1S/C12H14O9S/c1-3-20-9-6(11(13)14)5-7(22(17,18)19)10(21-4-2)8(9)12(15)16/h5H,3-4H2,1-2H3,(H,13,14)(H,15,16)(H,17,18,19). The predicted molar refractivity (Wildman–Crippen MR) is 72.5 cm³/mol. The molecule has 1 rings (SSSR count). The first-order valence-electron chi connectivity index (χ1n) is 6.05. The second kappa shape index (κ2) is 6.62. The van der Waals surface area contributed by atoms with Gasteiger partial charge in [-0.15, -0.1) is 0 Å². The van der Waals surface area contributed by atoms with Gasteiger partial charge in [-0.05, 0) is 19.9 Å². The van der Waals surface area contributed by atoms with Crippen molar-refractivity contribution in [3.63, 3.8) is 0 Å². The Balaban J connectivity index is 3.97. The molecule has 0 aromatic heterocycles. The van der Waals surface area contributed by atoms with Crippen LogP contribution >= 0.6 is 0 Å². The van der Waals surface area contributed by atoms with Gasteiger partial charge >= 0.3 is 11.9 Å². The summed E-state index contributed by atoms with van der Waals surface area (Å²) < 4.78 is 42.0. The third-order valence-corrected chi connectivity index (χ3v) is 3.36. The van der Waals surface area contributed by atoms with Crippen molar-refractivity contribution in [1.82, 2.24) is 0 Å². The molecule has 0 radical (unpaired) electrons. The molecule has 0 heterocycles. The van der Waals surface area contributed by atoms with Crippen LogP contribution in [0.25, 0.3) is 0 Å². The summed E-state index contributed by atoms with van der Waals surface area (Å²) in [6, 6.07) is 0.597. The molecule has 0 unspecified atom stereocenters. The van der Waals surface area contributed by atoms with Gasteiger partial charge in [0.05, 0.1) is 13.2 Å². The molecule has 9 nitrogen and oxygen atoms in total. The van der Waals surface area contributed by atoms with Crippen LogP contribution in [0.2, 0.25) is 0 Å². The largest absolute Gasteiger partial charge is 0.492 e. The van der Waals surface area contributed by atoms with Crippen molar-refractivity contribution in [2.75, 3.05) is 13.2 Å². The molecule has 22 heavy (non-hydrogen) atoms. The lowest BCUT2D eigenvalue weighted by atomic mass is 10.1. The molecule has 1 aromatic rings. The third-order valence-electron chi connectivity index (χ3n) is 2.50. The number of aromatic carboxylic acids is 2.